The molecular weight excluding hydrogens is 414 g/mol. The first kappa shape index (κ1) is 24.0. The first-order chi connectivity index (χ1) is 15.1. The van der Waals surface area contributed by atoms with E-state index in [4.69, 9.17) is 28.3 Å². The van der Waals surface area contributed by atoms with Crippen molar-refractivity contribution in [1.82, 2.24) is 14.5 Å². The molecule has 0 unspecified atom stereocenters. The lowest BCUT2D eigenvalue weighted by molar-refractivity contribution is 0.0944. The Balaban J connectivity index is 2.04. The van der Waals surface area contributed by atoms with Crippen molar-refractivity contribution in [2.45, 2.75) is 12.8 Å². The van der Waals surface area contributed by atoms with Crippen LogP contribution in [0.4, 0.5) is 11.4 Å². The third-order valence-corrected chi connectivity index (χ3v) is 4.32. The van der Waals surface area contributed by atoms with E-state index >= 15 is 0 Å². The van der Waals surface area contributed by atoms with Crippen LogP contribution in [0.2, 0.25) is 0 Å². The molecule has 0 aliphatic carbocycles. The van der Waals surface area contributed by atoms with Gasteiger partial charge in [-0.25, -0.2) is 9.98 Å². The molecule has 0 bridgehead atoms. The molecule has 2 aromatic rings. The summed E-state index contributed by atoms with van der Waals surface area (Å²) in [5.74, 6) is -0.491. The van der Waals surface area contributed by atoms with Crippen LogP contribution in [0.3, 0.4) is 0 Å². The molecule has 0 spiro atoms. The maximum atomic E-state index is 12.7. The topological polar surface area (TPSA) is 221 Å². The van der Waals surface area contributed by atoms with Gasteiger partial charge in [0.25, 0.3) is 11.8 Å². The zero-order valence-corrected chi connectivity index (χ0v) is 18.1. The first-order valence-corrected chi connectivity index (χ1v) is 9.70. The molecule has 2 amide bonds. The summed E-state index contributed by atoms with van der Waals surface area (Å²) in [6.45, 7) is 0.437. The highest BCUT2D eigenvalue weighted by Crippen LogP contribution is 2.19. The van der Waals surface area contributed by atoms with E-state index in [1.165, 1.54) is 0 Å². The van der Waals surface area contributed by atoms with Gasteiger partial charge in [-0.1, -0.05) is 0 Å². The van der Waals surface area contributed by atoms with Crippen LogP contribution in [0.5, 0.6) is 0 Å². The highest BCUT2D eigenvalue weighted by molar-refractivity contribution is 6.05. The number of nitrogens with two attached hydrogens (primary N) is 4. The maximum absolute atomic E-state index is 12.7. The Labute approximate surface area is 185 Å². The molecular formula is C19H29N11O2. The van der Waals surface area contributed by atoms with E-state index in [9.17, 15) is 9.59 Å². The summed E-state index contributed by atoms with van der Waals surface area (Å²) >= 11 is 0. The number of nitrogens with one attached hydrogen (secondary N) is 3. The number of anilines is 1. The van der Waals surface area contributed by atoms with Gasteiger partial charge in [-0.2, -0.15) is 0 Å². The van der Waals surface area contributed by atoms with Gasteiger partial charge in [0.2, 0.25) is 0 Å². The highest BCUT2D eigenvalue weighted by Gasteiger charge is 2.16. The number of rotatable bonds is 10. The van der Waals surface area contributed by atoms with Crippen molar-refractivity contribution >= 4 is 40.8 Å². The quantitative estimate of drug-likeness (QED) is 0.143. The van der Waals surface area contributed by atoms with E-state index in [2.05, 4.69) is 20.6 Å². The number of guanidine groups is 1. The molecule has 13 heteroatoms. The molecule has 0 saturated carbocycles. The fourth-order valence-electron chi connectivity index (χ4n) is 2.83. The molecule has 32 heavy (non-hydrogen) atoms. The van der Waals surface area contributed by atoms with Crippen LogP contribution < -0.4 is 33.6 Å². The summed E-state index contributed by atoms with van der Waals surface area (Å²) in [4.78, 5) is 33.0. The first-order valence-electron chi connectivity index (χ1n) is 9.70. The van der Waals surface area contributed by atoms with Gasteiger partial charge in [0.1, 0.15) is 23.8 Å². The molecule has 2 rings (SSSR count). The van der Waals surface area contributed by atoms with Crippen LogP contribution in [0.15, 0.2) is 34.5 Å². The van der Waals surface area contributed by atoms with Crippen molar-refractivity contribution in [2.24, 2.45) is 47.0 Å². The van der Waals surface area contributed by atoms with E-state index < -0.39 is 0 Å². The van der Waals surface area contributed by atoms with Crippen LogP contribution >= 0.6 is 0 Å². The zero-order chi connectivity index (χ0) is 23.8. The Morgan fingerprint density at radius 1 is 1.03 bits per heavy atom. The molecule has 2 aromatic heterocycles. The third-order valence-electron chi connectivity index (χ3n) is 4.32. The minimum absolute atomic E-state index is 0.0440. The number of amidine groups is 2. The Hall–Kier alpha value is -4.29. The van der Waals surface area contributed by atoms with Crippen molar-refractivity contribution in [3.63, 3.8) is 0 Å². The Kier molecular flexibility index (Phi) is 7.98. The van der Waals surface area contributed by atoms with Gasteiger partial charge in [0, 0.05) is 39.5 Å². The number of aromatic nitrogens is 2. The van der Waals surface area contributed by atoms with Crippen LogP contribution in [0.25, 0.3) is 0 Å². The summed E-state index contributed by atoms with van der Waals surface area (Å²) in [6.07, 6.45) is 4.26. The number of nitrogens with zero attached hydrogens (tertiary/aromatic N) is 4. The number of hydrogen-bond donors (Lipinski definition) is 7. The van der Waals surface area contributed by atoms with Gasteiger partial charge < -0.3 is 42.7 Å². The lowest BCUT2D eigenvalue weighted by Gasteiger charge is -2.05. The molecule has 0 fully saturated rings. The number of carbonyl (C=O) groups excluding carboxylic acids is 2. The molecule has 0 aliphatic heterocycles. The van der Waals surface area contributed by atoms with Crippen molar-refractivity contribution in [2.75, 3.05) is 18.4 Å². The minimum atomic E-state index is -0.379. The van der Waals surface area contributed by atoms with Crippen molar-refractivity contribution in [3.8, 4) is 0 Å². The maximum Gasteiger partial charge on any atom is 0.272 e. The second-order valence-electron chi connectivity index (χ2n) is 7.10. The van der Waals surface area contributed by atoms with Crippen LogP contribution in [-0.4, -0.2) is 51.7 Å². The molecule has 0 atom stereocenters. The summed E-state index contributed by atoms with van der Waals surface area (Å²) in [6, 6.07) is 3.15. The van der Waals surface area contributed by atoms with Crippen LogP contribution in [0.1, 0.15) is 33.8 Å². The zero-order valence-electron chi connectivity index (χ0n) is 18.1. The number of carbonyl (C=O) groups is 2. The molecule has 11 N–H and O–H groups in total. The number of amides is 2. The van der Waals surface area contributed by atoms with Crippen LogP contribution in [0, 0.1) is 5.41 Å². The predicted octanol–water partition coefficient (Wildman–Crippen LogP) is -0.676. The van der Waals surface area contributed by atoms with E-state index in [1.807, 2.05) is 0 Å². The van der Waals surface area contributed by atoms with Crippen molar-refractivity contribution in [3.05, 3.63) is 35.9 Å². The van der Waals surface area contributed by atoms with E-state index in [1.54, 1.807) is 47.8 Å². The SMILES string of the molecule is Cn1cc(NC(=O)c2cc(N=C(N)CN=C(N)N)cn2C)cc1C(=O)NCCCC(=N)N. The predicted molar refractivity (Wildman–Crippen MR) is 124 cm³/mol. The third kappa shape index (κ3) is 6.90. The molecule has 0 saturated heterocycles. The van der Waals surface area contributed by atoms with Gasteiger partial charge in [-0.3, -0.25) is 15.0 Å². The molecule has 0 radical (unpaired) electrons. The Bertz CT molecular complexity index is 1060. The smallest absolute Gasteiger partial charge is 0.272 e. The van der Waals surface area contributed by atoms with Gasteiger partial charge in [-0.15, -0.1) is 0 Å². The van der Waals surface area contributed by atoms with E-state index in [0.29, 0.717) is 42.1 Å². The van der Waals surface area contributed by atoms with Gasteiger partial charge in [-0.05, 0) is 18.6 Å². The highest BCUT2D eigenvalue weighted by atomic mass is 16.2. The summed E-state index contributed by atoms with van der Waals surface area (Å²) in [5.41, 5.74) is 23.3. The molecule has 2 heterocycles. The van der Waals surface area contributed by atoms with Crippen molar-refractivity contribution in [1.29, 1.82) is 5.41 Å². The lowest BCUT2D eigenvalue weighted by atomic mass is 10.3. The molecule has 0 aliphatic rings. The Morgan fingerprint density at radius 2 is 1.69 bits per heavy atom. The molecule has 0 aromatic carbocycles. The average molecular weight is 444 g/mol. The number of hydrogen-bond acceptors (Lipinski definition) is 5. The fraction of sp³-hybridized carbons (Fsp3) is 0.316. The average Bonchev–Trinajstić information content (AvgIpc) is 3.25. The second-order valence-corrected chi connectivity index (χ2v) is 7.10. The number of aliphatic imine (C=N–C) groups is 2. The normalized spacial score (nSPS) is 11.1. The molecule has 13 nitrogen and oxygen atoms in total. The van der Waals surface area contributed by atoms with E-state index in [-0.39, 0.29) is 36.0 Å². The monoisotopic (exact) mass is 443 g/mol. The Morgan fingerprint density at radius 3 is 2.34 bits per heavy atom. The standard InChI is InChI=1S/C19H29N11O2/c1-29-10-12(7-13(29)17(31)25-5-3-4-15(20)21)28-18(32)14-6-11(9-30(14)2)27-16(22)8-26-19(23)24/h6-7,9-10H,3-5,8H2,1-2H3,(H3,20,21)(H2,22,27)(H,25,31)(H,28,32)(H4,23,24,26). The fourth-order valence-corrected chi connectivity index (χ4v) is 2.83. The lowest BCUT2D eigenvalue weighted by Crippen LogP contribution is -2.27. The van der Waals surface area contributed by atoms with E-state index in [0.717, 1.165) is 0 Å². The molecule has 172 valence electrons. The minimum Gasteiger partial charge on any atom is -0.388 e. The second kappa shape index (κ2) is 10.7. The summed E-state index contributed by atoms with van der Waals surface area (Å²) in [7, 11) is 3.40. The summed E-state index contributed by atoms with van der Waals surface area (Å²) in [5, 5.41) is 12.7. The largest absolute Gasteiger partial charge is 0.388 e. The summed E-state index contributed by atoms with van der Waals surface area (Å²) < 4.78 is 3.22. The van der Waals surface area contributed by atoms with Gasteiger partial charge in [0.15, 0.2) is 5.96 Å². The van der Waals surface area contributed by atoms with Crippen LogP contribution in [-0.2, 0) is 14.1 Å². The van der Waals surface area contributed by atoms with Crippen molar-refractivity contribution < 1.29 is 9.59 Å². The number of aryl methyl sites for hydroxylation is 2. The van der Waals surface area contributed by atoms with Gasteiger partial charge in [0.05, 0.1) is 17.2 Å². The van der Waals surface area contributed by atoms with Gasteiger partial charge >= 0.3 is 0 Å².